The zero-order chi connectivity index (χ0) is 21.4. The van der Waals surface area contributed by atoms with Crippen LogP contribution in [0.3, 0.4) is 0 Å². The van der Waals surface area contributed by atoms with E-state index >= 15 is 0 Å². The second kappa shape index (κ2) is 10.9. The normalized spacial score (nSPS) is 17.6. The van der Waals surface area contributed by atoms with Crippen molar-refractivity contribution in [2.45, 2.75) is 38.8 Å². The molecule has 1 aromatic rings. The molecule has 29 heavy (non-hydrogen) atoms. The van der Waals surface area contributed by atoms with Crippen molar-refractivity contribution in [3.63, 3.8) is 0 Å². The Morgan fingerprint density at radius 1 is 1.41 bits per heavy atom. The van der Waals surface area contributed by atoms with Gasteiger partial charge >= 0.3 is 5.97 Å². The highest BCUT2D eigenvalue weighted by atomic mass is 35.5. The third-order valence-corrected chi connectivity index (χ3v) is 4.98. The van der Waals surface area contributed by atoms with Crippen molar-refractivity contribution in [1.29, 1.82) is 0 Å². The van der Waals surface area contributed by atoms with E-state index in [9.17, 15) is 14.4 Å². The summed E-state index contributed by atoms with van der Waals surface area (Å²) in [5.74, 6) is -1.24. The molecule has 1 aliphatic rings. The van der Waals surface area contributed by atoms with E-state index in [1.807, 2.05) is 6.92 Å². The molecule has 2 unspecified atom stereocenters. The van der Waals surface area contributed by atoms with Gasteiger partial charge in [-0.25, -0.2) is 0 Å². The van der Waals surface area contributed by atoms with Crippen LogP contribution >= 0.6 is 23.8 Å². The number of halogens is 1. The number of benzene rings is 1. The molecule has 0 aliphatic carbocycles. The van der Waals surface area contributed by atoms with Crippen molar-refractivity contribution in [1.82, 2.24) is 15.5 Å². The Morgan fingerprint density at radius 2 is 2.10 bits per heavy atom. The molecule has 2 rings (SSSR count). The van der Waals surface area contributed by atoms with Gasteiger partial charge in [0.15, 0.2) is 5.11 Å². The lowest BCUT2D eigenvalue weighted by atomic mass is 10.1. The van der Waals surface area contributed by atoms with E-state index in [4.69, 9.17) is 28.6 Å². The monoisotopic (exact) mass is 437 g/mol. The fourth-order valence-corrected chi connectivity index (χ4v) is 3.08. The van der Waals surface area contributed by atoms with Crippen molar-refractivity contribution in [2.75, 3.05) is 13.1 Å². The van der Waals surface area contributed by atoms with Crippen LogP contribution in [0.5, 0.6) is 0 Å². The van der Waals surface area contributed by atoms with Crippen LogP contribution in [0.4, 0.5) is 0 Å². The number of hydrogen-bond acceptors (Lipinski definition) is 5. The number of ether oxygens (including phenoxy) is 1. The fraction of sp³-hybridized carbons (Fsp3) is 0.400. The lowest BCUT2D eigenvalue weighted by Crippen LogP contribution is -2.60. The van der Waals surface area contributed by atoms with Gasteiger partial charge in [-0.05, 0) is 49.3 Å². The minimum Gasteiger partial charge on any atom is -0.463 e. The van der Waals surface area contributed by atoms with Gasteiger partial charge in [0.2, 0.25) is 11.8 Å². The minimum atomic E-state index is -0.826. The number of nitrogens with zero attached hydrogens (tertiary/aromatic N) is 1. The maximum atomic E-state index is 12.3. The van der Waals surface area contributed by atoms with Crippen LogP contribution in [-0.4, -0.2) is 53.0 Å². The van der Waals surface area contributed by atoms with E-state index in [0.717, 1.165) is 5.56 Å². The first kappa shape index (κ1) is 22.8. The highest BCUT2D eigenvalue weighted by molar-refractivity contribution is 7.80. The molecule has 0 radical (unpaired) electrons. The van der Waals surface area contributed by atoms with Gasteiger partial charge in [0.1, 0.15) is 6.04 Å². The van der Waals surface area contributed by atoms with Crippen LogP contribution in [0, 0.1) is 0 Å². The van der Waals surface area contributed by atoms with Crippen LogP contribution in [0.1, 0.15) is 32.3 Å². The van der Waals surface area contributed by atoms with E-state index < -0.39 is 17.9 Å². The lowest BCUT2D eigenvalue weighted by Gasteiger charge is -2.36. The highest BCUT2D eigenvalue weighted by Crippen LogP contribution is 2.13. The van der Waals surface area contributed by atoms with Crippen LogP contribution in [-0.2, 0) is 19.1 Å². The molecule has 1 aliphatic heterocycles. The smallest absolute Gasteiger partial charge is 0.308 e. The average Bonchev–Trinajstić information content (AvgIpc) is 2.68. The summed E-state index contributed by atoms with van der Waals surface area (Å²) in [6.07, 6.45) is 3.27. The Kier molecular flexibility index (Phi) is 8.60. The highest BCUT2D eigenvalue weighted by Gasteiger charge is 2.34. The quantitative estimate of drug-likeness (QED) is 0.403. The summed E-state index contributed by atoms with van der Waals surface area (Å²) in [5, 5.41) is 5.98. The number of nitrogens with one attached hydrogen (secondary N) is 2. The van der Waals surface area contributed by atoms with E-state index in [-0.39, 0.29) is 23.5 Å². The van der Waals surface area contributed by atoms with E-state index in [1.165, 1.54) is 6.08 Å². The van der Waals surface area contributed by atoms with Gasteiger partial charge in [0.25, 0.3) is 0 Å². The van der Waals surface area contributed by atoms with Gasteiger partial charge in [0.05, 0.1) is 12.5 Å². The molecule has 1 fully saturated rings. The standard InChI is InChI=1S/C20H24ClN3O4S/c1-3-13(2)28-18(26)12-16-19(27)22-10-11-24(16)20(29)23-17(25)9-6-14-4-7-15(21)8-5-14/h4-9,13,16H,3,10-12H2,1-2H3,(H,22,27)(H,23,25,29)/b9-6+. The predicted octanol–water partition coefficient (Wildman–Crippen LogP) is 2.29. The zero-order valence-corrected chi connectivity index (χ0v) is 17.9. The first-order chi connectivity index (χ1) is 13.8. The topological polar surface area (TPSA) is 87.7 Å². The zero-order valence-electron chi connectivity index (χ0n) is 16.3. The summed E-state index contributed by atoms with van der Waals surface area (Å²) in [6.45, 7) is 4.44. The fourth-order valence-electron chi connectivity index (χ4n) is 2.64. The Morgan fingerprint density at radius 3 is 2.76 bits per heavy atom. The minimum absolute atomic E-state index is 0.0898. The maximum absolute atomic E-state index is 12.3. The molecule has 1 saturated heterocycles. The molecule has 9 heteroatoms. The number of esters is 1. The van der Waals surface area contributed by atoms with Gasteiger partial charge < -0.3 is 15.0 Å². The Balaban J connectivity index is 1.98. The molecule has 0 bridgehead atoms. The molecule has 0 spiro atoms. The Hall–Kier alpha value is -2.45. The van der Waals surface area contributed by atoms with Gasteiger partial charge in [0, 0.05) is 24.2 Å². The summed E-state index contributed by atoms with van der Waals surface area (Å²) in [4.78, 5) is 38.1. The van der Waals surface area contributed by atoms with Gasteiger partial charge in [-0.3, -0.25) is 19.7 Å². The summed E-state index contributed by atoms with van der Waals surface area (Å²) in [5.41, 5.74) is 0.804. The number of amides is 2. The summed E-state index contributed by atoms with van der Waals surface area (Å²) < 4.78 is 5.26. The molecular weight excluding hydrogens is 414 g/mol. The van der Waals surface area contributed by atoms with E-state index in [0.29, 0.717) is 24.5 Å². The second-order valence-corrected chi connectivity index (χ2v) is 7.42. The SMILES string of the molecule is CCC(C)OC(=O)CC1C(=O)NCCN1C(=S)NC(=O)/C=C/c1ccc(Cl)cc1. The number of rotatable bonds is 6. The van der Waals surface area contributed by atoms with Crippen LogP contribution < -0.4 is 10.6 Å². The van der Waals surface area contributed by atoms with Crippen LogP contribution in [0.25, 0.3) is 6.08 Å². The Bertz CT molecular complexity index is 797. The van der Waals surface area contributed by atoms with Gasteiger partial charge in [-0.2, -0.15) is 0 Å². The van der Waals surface area contributed by atoms with Crippen molar-refractivity contribution in [2.24, 2.45) is 0 Å². The number of carbonyl (C=O) groups is 3. The van der Waals surface area contributed by atoms with Crippen LogP contribution in [0.15, 0.2) is 30.3 Å². The molecule has 2 amide bonds. The summed E-state index contributed by atoms with van der Waals surface area (Å²) in [7, 11) is 0. The molecule has 156 valence electrons. The average molecular weight is 438 g/mol. The van der Waals surface area contributed by atoms with Crippen molar-refractivity contribution >= 4 is 52.8 Å². The van der Waals surface area contributed by atoms with E-state index in [1.54, 1.807) is 42.2 Å². The predicted molar refractivity (Wildman–Crippen MR) is 115 cm³/mol. The second-order valence-electron chi connectivity index (χ2n) is 6.59. The third-order valence-electron chi connectivity index (χ3n) is 4.39. The maximum Gasteiger partial charge on any atom is 0.308 e. The molecule has 2 N–H and O–H groups in total. The first-order valence-corrected chi connectivity index (χ1v) is 10.1. The van der Waals surface area contributed by atoms with Gasteiger partial charge in [-0.15, -0.1) is 0 Å². The number of carbonyl (C=O) groups excluding carboxylic acids is 3. The van der Waals surface area contributed by atoms with Crippen molar-refractivity contribution in [3.8, 4) is 0 Å². The molecule has 0 aromatic heterocycles. The van der Waals surface area contributed by atoms with Crippen molar-refractivity contribution in [3.05, 3.63) is 40.9 Å². The summed E-state index contributed by atoms with van der Waals surface area (Å²) in [6, 6.07) is 6.17. The van der Waals surface area contributed by atoms with Gasteiger partial charge in [-0.1, -0.05) is 30.7 Å². The third kappa shape index (κ3) is 7.14. The van der Waals surface area contributed by atoms with E-state index in [2.05, 4.69) is 10.6 Å². The first-order valence-electron chi connectivity index (χ1n) is 9.32. The largest absolute Gasteiger partial charge is 0.463 e. The molecule has 7 nitrogen and oxygen atoms in total. The summed E-state index contributed by atoms with van der Waals surface area (Å²) >= 11 is 11.1. The van der Waals surface area contributed by atoms with Crippen LogP contribution in [0.2, 0.25) is 5.02 Å². The molecule has 1 aromatic carbocycles. The molecular formula is C20H24ClN3O4S. The number of thiocarbonyl (C=S) groups is 1. The number of piperazine rings is 1. The molecule has 2 atom stereocenters. The Labute approximate surface area is 180 Å². The number of hydrogen-bond donors (Lipinski definition) is 2. The molecule has 1 heterocycles. The molecule has 0 saturated carbocycles. The lowest BCUT2D eigenvalue weighted by molar-refractivity contribution is -0.151. The van der Waals surface area contributed by atoms with Crippen molar-refractivity contribution < 1.29 is 19.1 Å².